The standard InChI is InChI=1S/C39H53N3O2S/c1-3-4-5-6-7-8-9-10-11-12-13-17-27-44-42(37-21-15-14-16-22-37)38-25-23-34(24-26-38)29-39(43)40-36-20-18-19-35(28-36)31-41-30-33(2)45-32-41/h14-16,18-26,28,30H,3-13,17,27,29,31-32H2,1-2H3,(H,40,43). The molecule has 1 aliphatic rings. The van der Waals surface area contributed by atoms with E-state index in [0.717, 1.165) is 41.5 Å². The van der Waals surface area contributed by atoms with Gasteiger partial charge < -0.3 is 10.2 Å². The Balaban J connectivity index is 1.20. The molecule has 0 aromatic heterocycles. The second-order valence-corrected chi connectivity index (χ2v) is 13.4. The highest BCUT2D eigenvalue weighted by molar-refractivity contribution is 8.03. The molecule has 6 heteroatoms. The van der Waals surface area contributed by atoms with Crippen LogP contribution in [0.15, 0.2) is 90.0 Å². The molecule has 0 spiro atoms. The van der Waals surface area contributed by atoms with Gasteiger partial charge in [-0.25, -0.2) is 5.06 Å². The van der Waals surface area contributed by atoms with Gasteiger partial charge in [-0.05, 0) is 65.8 Å². The number of amides is 1. The summed E-state index contributed by atoms with van der Waals surface area (Å²) in [4.78, 5) is 22.8. The topological polar surface area (TPSA) is 44.8 Å². The lowest BCUT2D eigenvalue weighted by atomic mass is 10.1. The number of benzene rings is 3. The Morgan fingerprint density at radius 3 is 2.07 bits per heavy atom. The van der Waals surface area contributed by atoms with Crippen LogP contribution in [0.2, 0.25) is 0 Å². The van der Waals surface area contributed by atoms with Gasteiger partial charge in [0.05, 0.1) is 30.3 Å². The smallest absolute Gasteiger partial charge is 0.228 e. The highest BCUT2D eigenvalue weighted by Crippen LogP contribution is 2.28. The molecule has 1 heterocycles. The van der Waals surface area contributed by atoms with Crippen LogP contribution >= 0.6 is 11.8 Å². The molecular formula is C39H53N3O2S. The number of allylic oxidation sites excluding steroid dienone is 1. The van der Waals surface area contributed by atoms with Gasteiger partial charge in [-0.15, -0.1) is 11.8 Å². The predicted molar refractivity (Wildman–Crippen MR) is 193 cm³/mol. The molecular weight excluding hydrogens is 575 g/mol. The Morgan fingerprint density at radius 2 is 1.42 bits per heavy atom. The van der Waals surface area contributed by atoms with E-state index < -0.39 is 0 Å². The van der Waals surface area contributed by atoms with Gasteiger partial charge in [0.2, 0.25) is 5.91 Å². The number of anilines is 3. The van der Waals surface area contributed by atoms with Crippen molar-refractivity contribution in [2.24, 2.45) is 0 Å². The lowest BCUT2D eigenvalue weighted by molar-refractivity contribution is -0.115. The molecule has 45 heavy (non-hydrogen) atoms. The van der Waals surface area contributed by atoms with Gasteiger partial charge in [0.25, 0.3) is 0 Å². The lowest BCUT2D eigenvalue weighted by Gasteiger charge is -2.24. The monoisotopic (exact) mass is 627 g/mol. The number of nitrogens with zero attached hydrogens (tertiary/aromatic N) is 2. The van der Waals surface area contributed by atoms with E-state index in [1.807, 2.05) is 71.4 Å². The van der Waals surface area contributed by atoms with Gasteiger partial charge in [0.15, 0.2) is 0 Å². The van der Waals surface area contributed by atoms with Crippen LogP contribution in [0, 0.1) is 0 Å². The molecule has 0 radical (unpaired) electrons. The molecule has 5 nitrogen and oxygen atoms in total. The maximum absolute atomic E-state index is 12.9. The average molecular weight is 628 g/mol. The fraction of sp³-hybridized carbons (Fsp3) is 0.462. The van der Waals surface area contributed by atoms with Crippen molar-refractivity contribution in [3.8, 4) is 0 Å². The fourth-order valence-electron chi connectivity index (χ4n) is 5.69. The van der Waals surface area contributed by atoms with Crippen LogP contribution in [0.1, 0.15) is 102 Å². The molecule has 0 bridgehead atoms. The zero-order valence-corrected chi connectivity index (χ0v) is 28.3. The van der Waals surface area contributed by atoms with Crippen LogP contribution in [0.5, 0.6) is 0 Å². The minimum absolute atomic E-state index is 0.0180. The van der Waals surface area contributed by atoms with Gasteiger partial charge in [-0.3, -0.25) is 9.63 Å². The number of nitrogens with one attached hydrogen (secondary N) is 1. The van der Waals surface area contributed by atoms with Crippen LogP contribution in [-0.4, -0.2) is 23.3 Å². The van der Waals surface area contributed by atoms with Gasteiger partial charge in [0.1, 0.15) is 0 Å². The Hall–Kier alpha value is -3.22. The number of carbonyl (C=O) groups is 1. The van der Waals surface area contributed by atoms with Crippen molar-refractivity contribution in [3.05, 3.63) is 101 Å². The molecule has 0 saturated carbocycles. The number of carbonyl (C=O) groups excluding carboxylic acids is 1. The summed E-state index contributed by atoms with van der Waals surface area (Å²) in [5, 5.41) is 5.00. The van der Waals surface area contributed by atoms with Crippen molar-refractivity contribution in [1.82, 2.24) is 4.90 Å². The Labute approximate surface area is 276 Å². The molecule has 0 fully saturated rings. The molecule has 3 aromatic carbocycles. The van der Waals surface area contributed by atoms with Crippen LogP contribution in [0.25, 0.3) is 0 Å². The van der Waals surface area contributed by atoms with Crippen molar-refractivity contribution < 1.29 is 9.63 Å². The predicted octanol–water partition coefficient (Wildman–Crippen LogP) is 11.0. The summed E-state index contributed by atoms with van der Waals surface area (Å²) in [6.45, 7) is 5.94. The van der Waals surface area contributed by atoms with Crippen molar-refractivity contribution in [1.29, 1.82) is 0 Å². The highest BCUT2D eigenvalue weighted by atomic mass is 32.2. The zero-order valence-electron chi connectivity index (χ0n) is 27.5. The first-order valence-corrected chi connectivity index (χ1v) is 18.1. The van der Waals surface area contributed by atoms with E-state index in [1.165, 1.54) is 81.1 Å². The summed E-state index contributed by atoms with van der Waals surface area (Å²) >= 11 is 1.86. The van der Waals surface area contributed by atoms with E-state index >= 15 is 0 Å². The maximum Gasteiger partial charge on any atom is 0.228 e. The number of para-hydroxylation sites is 1. The van der Waals surface area contributed by atoms with E-state index in [2.05, 4.69) is 54.5 Å². The minimum atomic E-state index is -0.0180. The first-order chi connectivity index (χ1) is 22.1. The number of thioether (sulfide) groups is 1. The van der Waals surface area contributed by atoms with Gasteiger partial charge in [0, 0.05) is 18.4 Å². The van der Waals surface area contributed by atoms with E-state index in [4.69, 9.17) is 4.84 Å². The SMILES string of the molecule is CCCCCCCCCCCCCCON(c1ccccc1)c1ccc(CC(=O)Nc2cccc(CN3C=C(C)SC3)c2)cc1. The van der Waals surface area contributed by atoms with Crippen molar-refractivity contribution in [2.45, 2.75) is 104 Å². The van der Waals surface area contributed by atoms with Crippen LogP contribution in [0.4, 0.5) is 17.1 Å². The third kappa shape index (κ3) is 13.0. The second kappa shape index (κ2) is 20.0. The van der Waals surface area contributed by atoms with Crippen molar-refractivity contribution >= 4 is 34.7 Å². The highest BCUT2D eigenvalue weighted by Gasteiger charge is 2.13. The zero-order chi connectivity index (χ0) is 31.5. The molecule has 242 valence electrons. The molecule has 4 rings (SSSR count). The third-order valence-corrected chi connectivity index (χ3v) is 9.18. The molecule has 0 atom stereocenters. The maximum atomic E-state index is 12.9. The molecule has 1 N–H and O–H groups in total. The van der Waals surface area contributed by atoms with Crippen molar-refractivity contribution in [3.63, 3.8) is 0 Å². The number of hydrogen-bond acceptors (Lipinski definition) is 5. The fourth-order valence-corrected chi connectivity index (χ4v) is 6.45. The lowest BCUT2D eigenvalue weighted by Crippen LogP contribution is -2.19. The molecule has 0 aliphatic carbocycles. The molecule has 3 aromatic rings. The Kier molecular flexibility index (Phi) is 15.4. The quantitative estimate of drug-likeness (QED) is 0.0940. The molecule has 0 unspecified atom stereocenters. The summed E-state index contributed by atoms with van der Waals surface area (Å²) in [6.07, 6.45) is 18.4. The summed E-state index contributed by atoms with van der Waals surface area (Å²) in [5.74, 6) is 0.959. The van der Waals surface area contributed by atoms with Gasteiger partial charge in [-0.1, -0.05) is 120 Å². The third-order valence-electron chi connectivity index (χ3n) is 8.16. The number of hydrogen-bond donors (Lipinski definition) is 1. The van der Waals surface area contributed by atoms with Gasteiger partial charge >= 0.3 is 0 Å². The van der Waals surface area contributed by atoms with E-state index in [0.29, 0.717) is 13.0 Å². The molecule has 1 aliphatic heterocycles. The summed E-state index contributed by atoms with van der Waals surface area (Å²) in [7, 11) is 0. The van der Waals surface area contributed by atoms with Crippen molar-refractivity contribution in [2.75, 3.05) is 22.9 Å². The van der Waals surface area contributed by atoms with Crippen LogP contribution in [-0.2, 0) is 22.6 Å². The molecule has 1 amide bonds. The Bertz CT molecular complexity index is 1300. The van der Waals surface area contributed by atoms with E-state index in [1.54, 1.807) is 0 Å². The summed E-state index contributed by atoms with van der Waals surface area (Å²) in [6, 6.07) is 26.5. The largest absolute Gasteiger partial charge is 0.363 e. The number of rotatable bonds is 21. The van der Waals surface area contributed by atoms with Crippen LogP contribution in [0.3, 0.4) is 0 Å². The average Bonchev–Trinajstić information content (AvgIpc) is 3.46. The number of unbranched alkanes of at least 4 members (excludes halogenated alkanes) is 11. The van der Waals surface area contributed by atoms with E-state index in [-0.39, 0.29) is 5.91 Å². The molecule has 0 saturated heterocycles. The minimum Gasteiger partial charge on any atom is -0.363 e. The summed E-state index contributed by atoms with van der Waals surface area (Å²) in [5.41, 5.74) is 4.95. The summed E-state index contributed by atoms with van der Waals surface area (Å²) < 4.78 is 0. The first-order valence-electron chi connectivity index (χ1n) is 17.1. The van der Waals surface area contributed by atoms with Gasteiger partial charge in [-0.2, -0.15) is 0 Å². The normalized spacial score (nSPS) is 12.8. The Morgan fingerprint density at radius 1 is 0.778 bits per heavy atom. The van der Waals surface area contributed by atoms with Crippen LogP contribution < -0.4 is 10.4 Å². The van der Waals surface area contributed by atoms with E-state index in [9.17, 15) is 4.79 Å². The first kappa shape index (κ1) is 34.6. The second-order valence-electron chi connectivity index (χ2n) is 12.2.